The summed E-state index contributed by atoms with van der Waals surface area (Å²) in [5, 5.41) is 0. The van der Waals surface area contributed by atoms with Gasteiger partial charge in [-0.25, -0.2) is 4.98 Å². The summed E-state index contributed by atoms with van der Waals surface area (Å²) >= 11 is 0. The van der Waals surface area contributed by atoms with E-state index in [0.717, 1.165) is 11.1 Å². The Hall–Kier alpha value is -1.71. The molecule has 2 rings (SSSR count). The number of rotatable bonds is 0. The Morgan fingerprint density at radius 1 is 1.31 bits per heavy atom. The van der Waals surface area contributed by atoms with Gasteiger partial charge in [-0.05, 0) is 12.5 Å². The topological polar surface area (TPSA) is 47.8 Å². The third-order valence-electron chi connectivity index (χ3n) is 2.04. The SMILES string of the molecule is Cc1cc(=O)n(C)c2nccnc12. The highest BCUT2D eigenvalue weighted by atomic mass is 16.1. The van der Waals surface area contributed by atoms with Crippen LogP contribution in [-0.2, 0) is 7.05 Å². The molecule has 0 N–H and O–H groups in total. The maximum atomic E-state index is 11.3. The van der Waals surface area contributed by atoms with Gasteiger partial charge >= 0.3 is 0 Å². The van der Waals surface area contributed by atoms with Crippen LogP contribution in [0.1, 0.15) is 5.56 Å². The van der Waals surface area contributed by atoms with Crippen molar-refractivity contribution in [1.29, 1.82) is 0 Å². The van der Waals surface area contributed by atoms with Crippen LogP contribution in [0.2, 0.25) is 0 Å². The molecule has 4 heteroatoms. The molecule has 0 aromatic carbocycles. The first-order chi connectivity index (χ1) is 6.20. The molecular formula is C9H9N3O. The van der Waals surface area contributed by atoms with E-state index >= 15 is 0 Å². The van der Waals surface area contributed by atoms with Crippen molar-refractivity contribution >= 4 is 11.2 Å². The predicted octanol–water partition coefficient (Wildman–Crippen LogP) is 0.637. The molecule has 2 aromatic heterocycles. The monoisotopic (exact) mass is 175 g/mol. The summed E-state index contributed by atoms with van der Waals surface area (Å²) in [5.41, 5.74) is 2.23. The van der Waals surface area contributed by atoms with E-state index in [0.29, 0.717) is 5.65 Å². The first-order valence-electron chi connectivity index (χ1n) is 3.97. The van der Waals surface area contributed by atoms with Crippen LogP contribution in [0, 0.1) is 6.92 Å². The third kappa shape index (κ3) is 1.11. The Morgan fingerprint density at radius 3 is 2.77 bits per heavy atom. The molecule has 0 amide bonds. The van der Waals surface area contributed by atoms with E-state index in [4.69, 9.17) is 0 Å². The Labute approximate surface area is 74.9 Å². The minimum absolute atomic E-state index is 0.0505. The highest BCUT2D eigenvalue weighted by Crippen LogP contribution is 2.08. The fourth-order valence-electron chi connectivity index (χ4n) is 1.31. The summed E-state index contributed by atoms with van der Waals surface area (Å²) in [6, 6.07) is 1.57. The molecule has 0 spiro atoms. The van der Waals surface area contributed by atoms with Crippen molar-refractivity contribution in [3.05, 3.63) is 34.4 Å². The number of fused-ring (bicyclic) bond motifs is 1. The predicted molar refractivity (Wildman–Crippen MR) is 49.5 cm³/mol. The molecule has 0 atom stereocenters. The van der Waals surface area contributed by atoms with Gasteiger partial charge in [-0.1, -0.05) is 0 Å². The normalized spacial score (nSPS) is 10.6. The van der Waals surface area contributed by atoms with Crippen molar-refractivity contribution in [2.45, 2.75) is 6.92 Å². The van der Waals surface area contributed by atoms with E-state index in [-0.39, 0.29) is 5.56 Å². The summed E-state index contributed by atoms with van der Waals surface area (Å²) in [4.78, 5) is 19.6. The molecular weight excluding hydrogens is 166 g/mol. The third-order valence-corrected chi connectivity index (χ3v) is 2.04. The molecule has 0 saturated carbocycles. The van der Waals surface area contributed by atoms with Gasteiger partial charge in [-0.15, -0.1) is 0 Å². The average molecular weight is 175 g/mol. The zero-order valence-corrected chi connectivity index (χ0v) is 7.48. The quantitative estimate of drug-likeness (QED) is 0.590. The number of nitrogens with zero attached hydrogens (tertiary/aromatic N) is 3. The van der Waals surface area contributed by atoms with Crippen LogP contribution in [0.15, 0.2) is 23.3 Å². The van der Waals surface area contributed by atoms with Crippen LogP contribution in [0.3, 0.4) is 0 Å². The molecule has 13 heavy (non-hydrogen) atoms. The summed E-state index contributed by atoms with van der Waals surface area (Å²) < 4.78 is 1.50. The van der Waals surface area contributed by atoms with Gasteiger partial charge in [0.1, 0.15) is 5.52 Å². The van der Waals surface area contributed by atoms with Gasteiger partial charge in [-0.2, -0.15) is 0 Å². The number of pyridine rings is 1. The van der Waals surface area contributed by atoms with Gasteiger partial charge in [0.25, 0.3) is 5.56 Å². The molecule has 0 aliphatic heterocycles. The molecule has 0 fully saturated rings. The second-order valence-corrected chi connectivity index (χ2v) is 2.95. The minimum atomic E-state index is -0.0505. The number of hydrogen-bond donors (Lipinski definition) is 0. The number of hydrogen-bond acceptors (Lipinski definition) is 3. The van der Waals surface area contributed by atoms with E-state index in [2.05, 4.69) is 9.97 Å². The number of aryl methyl sites for hydroxylation is 2. The van der Waals surface area contributed by atoms with Crippen LogP contribution >= 0.6 is 0 Å². The molecule has 0 bridgehead atoms. The highest BCUT2D eigenvalue weighted by molar-refractivity contribution is 5.73. The maximum Gasteiger partial charge on any atom is 0.252 e. The lowest BCUT2D eigenvalue weighted by atomic mass is 10.2. The van der Waals surface area contributed by atoms with Crippen molar-refractivity contribution in [2.24, 2.45) is 7.05 Å². The second kappa shape index (κ2) is 2.65. The van der Waals surface area contributed by atoms with E-state index in [9.17, 15) is 4.79 Å². The molecule has 66 valence electrons. The molecule has 0 aliphatic rings. The lowest BCUT2D eigenvalue weighted by molar-refractivity contribution is 0.880. The molecule has 0 radical (unpaired) electrons. The van der Waals surface area contributed by atoms with Crippen molar-refractivity contribution < 1.29 is 0 Å². The molecule has 0 aliphatic carbocycles. The van der Waals surface area contributed by atoms with E-state index < -0.39 is 0 Å². The van der Waals surface area contributed by atoms with Crippen LogP contribution in [0.5, 0.6) is 0 Å². The van der Waals surface area contributed by atoms with Gasteiger partial charge in [0.05, 0.1) is 0 Å². The molecule has 2 heterocycles. The minimum Gasteiger partial charge on any atom is -0.295 e. The van der Waals surface area contributed by atoms with Gasteiger partial charge in [0.15, 0.2) is 5.65 Å². The lowest BCUT2D eigenvalue weighted by Gasteiger charge is -2.03. The van der Waals surface area contributed by atoms with Crippen LogP contribution in [-0.4, -0.2) is 14.5 Å². The Bertz CT molecular complexity index is 516. The Kier molecular flexibility index (Phi) is 1.62. The van der Waals surface area contributed by atoms with Crippen LogP contribution in [0.4, 0.5) is 0 Å². The van der Waals surface area contributed by atoms with Crippen LogP contribution in [0.25, 0.3) is 11.2 Å². The zero-order chi connectivity index (χ0) is 9.42. The fourth-order valence-corrected chi connectivity index (χ4v) is 1.31. The van der Waals surface area contributed by atoms with Crippen molar-refractivity contribution in [3.8, 4) is 0 Å². The molecule has 2 aromatic rings. The summed E-state index contributed by atoms with van der Waals surface area (Å²) in [5.74, 6) is 0. The Morgan fingerprint density at radius 2 is 2.00 bits per heavy atom. The smallest absolute Gasteiger partial charge is 0.252 e. The molecule has 0 saturated heterocycles. The zero-order valence-electron chi connectivity index (χ0n) is 7.48. The average Bonchev–Trinajstić information content (AvgIpc) is 2.15. The van der Waals surface area contributed by atoms with Crippen molar-refractivity contribution in [1.82, 2.24) is 14.5 Å². The summed E-state index contributed by atoms with van der Waals surface area (Å²) in [6.45, 7) is 1.86. The summed E-state index contributed by atoms with van der Waals surface area (Å²) in [6.07, 6.45) is 3.21. The largest absolute Gasteiger partial charge is 0.295 e. The van der Waals surface area contributed by atoms with E-state index in [1.807, 2.05) is 6.92 Å². The lowest BCUT2D eigenvalue weighted by Crippen LogP contribution is -2.17. The fraction of sp³-hybridized carbons (Fsp3) is 0.222. The standard InChI is InChI=1S/C9H9N3O/c1-6-5-7(13)12(2)9-8(6)10-3-4-11-9/h3-5H,1-2H3. The van der Waals surface area contributed by atoms with Gasteiger partial charge in [0.2, 0.25) is 0 Å². The maximum absolute atomic E-state index is 11.3. The van der Waals surface area contributed by atoms with Crippen molar-refractivity contribution in [2.75, 3.05) is 0 Å². The Balaban J connectivity index is 3.06. The number of aromatic nitrogens is 3. The van der Waals surface area contributed by atoms with E-state index in [1.165, 1.54) is 4.57 Å². The van der Waals surface area contributed by atoms with E-state index in [1.54, 1.807) is 25.5 Å². The van der Waals surface area contributed by atoms with Gasteiger partial charge < -0.3 is 0 Å². The van der Waals surface area contributed by atoms with Crippen molar-refractivity contribution in [3.63, 3.8) is 0 Å². The summed E-state index contributed by atoms with van der Waals surface area (Å²) in [7, 11) is 1.69. The molecule has 0 unspecified atom stereocenters. The van der Waals surface area contributed by atoms with Gasteiger partial charge in [0, 0.05) is 25.5 Å². The first kappa shape index (κ1) is 7.91. The van der Waals surface area contributed by atoms with Crippen LogP contribution < -0.4 is 5.56 Å². The second-order valence-electron chi connectivity index (χ2n) is 2.95. The van der Waals surface area contributed by atoms with Gasteiger partial charge in [-0.3, -0.25) is 14.3 Å². The molecule has 4 nitrogen and oxygen atoms in total. The first-order valence-corrected chi connectivity index (χ1v) is 3.97. The highest BCUT2D eigenvalue weighted by Gasteiger charge is 2.03.